The summed E-state index contributed by atoms with van der Waals surface area (Å²) in [5.74, 6) is 0.976. The number of nitrogens with one attached hydrogen (secondary N) is 1. The number of nitrogen functional groups attached to an aromatic ring is 1. The van der Waals surface area contributed by atoms with Gasteiger partial charge in [-0.3, -0.25) is 9.00 Å². The summed E-state index contributed by atoms with van der Waals surface area (Å²) >= 11 is 0. The van der Waals surface area contributed by atoms with Gasteiger partial charge < -0.3 is 11.1 Å². The summed E-state index contributed by atoms with van der Waals surface area (Å²) in [6.07, 6.45) is 3.76. The fourth-order valence-electron chi connectivity index (χ4n) is 1.43. The van der Waals surface area contributed by atoms with Crippen LogP contribution in [0.5, 0.6) is 0 Å². The molecule has 19 heavy (non-hydrogen) atoms. The van der Waals surface area contributed by atoms with E-state index in [0.29, 0.717) is 24.5 Å². The highest BCUT2D eigenvalue weighted by Gasteiger charge is 2.14. The molecule has 0 saturated carbocycles. The van der Waals surface area contributed by atoms with E-state index in [4.69, 9.17) is 5.73 Å². The monoisotopic (exact) mass is 284 g/mol. The number of amides is 1. The number of aromatic nitrogens is 2. The highest BCUT2D eigenvalue weighted by molar-refractivity contribution is 7.84. The third-order valence-electron chi connectivity index (χ3n) is 2.46. The van der Waals surface area contributed by atoms with E-state index in [9.17, 15) is 9.00 Å². The number of anilines is 1. The van der Waals surface area contributed by atoms with Crippen LogP contribution in [0.3, 0.4) is 0 Å². The Morgan fingerprint density at radius 3 is 2.79 bits per heavy atom. The molecule has 0 saturated heterocycles. The lowest BCUT2D eigenvalue weighted by atomic mass is 10.2. The Bertz CT molecular complexity index is 477. The fraction of sp³-hybridized carbons (Fsp3) is 0.583. The maximum atomic E-state index is 11.9. The third kappa shape index (κ3) is 4.94. The summed E-state index contributed by atoms with van der Waals surface area (Å²) in [6.45, 7) is 4.35. The van der Waals surface area contributed by atoms with Gasteiger partial charge in [0.25, 0.3) is 5.91 Å². The second-order valence-electron chi connectivity index (χ2n) is 4.57. The number of hydrogen-bond donors (Lipinski definition) is 2. The van der Waals surface area contributed by atoms with Crippen LogP contribution < -0.4 is 11.1 Å². The lowest BCUT2D eigenvalue weighted by molar-refractivity contribution is 0.0949. The number of nitrogens with zero attached hydrogens (tertiary/aromatic N) is 2. The predicted molar refractivity (Wildman–Crippen MR) is 76.4 cm³/mol. The number of rotatable bonds is 6. The molecule has 1 rings (SSSR count). The summed E-state index contributed by atoms with van der Waals surface area (Å²) in [4.78, 5) is 20.2. The highest BCUT2D eigenvalue weighted by Crippen LogP contribution is 2.13. The largest absolute Gasteiger partial charge is 0.396 e. The van der Waals surface area contributed by atoms with Crippen molar-refractivity contribution in [3.63, 3.8) is 0 Å². The molecule has 0 spiro atoms. The van der Waals surface area contributed by atoms with Crippen LogP contribution in [0.15, 0.2) is 6.20 Å². The summed E-state index contributed by atoms with van der Waals surface area (Å²) in [5.41, 5.74) is 6.18. The highest BCUT2D eigenvalue weighted by atomic mass is 32.2. The lowest BCUT2D eigenvalue weighted by Crippen LogP contribution is -2.27. The molecule has 1 heterocycles. The van der Waals surface area contributed by atoms with Crippen molar-refractivity contribution < 1.29 is 9.00 Å². The fourth-order valence-corrected chi connectivity index (χ4v) is 1.98. The van der Waals surface area contributed by atoms with Gasteiger partial charge in [0.2, 0.25) is 0 Å². The zero-order valence-corrected chi connectivity index (χ0v) is 12.3. The average molecular weight is 284 g/mol. The van der Waals surface area contributed by atoms with Crippen molar-refractivity contribution in [2.75, 3.05) is 24.3 Å². The predicted octanol–water partition coefficient (Wildman–Crippen LogP) is 0.681. The molecule has 0 aliphatic heterocycles. The summed E-state index contributed by atoms with van der Waals surface area (Å²) in [7, 11) is -0.841. The first kappa shape index (κ1) is 15.6. The minimum absolute atomic E-state index is 0.134. The summed E-state index contributed by atoms with van der Waals surface area (Å²) < 4.78 is 10.9. The first-order chi connectivity index (χ1) is 8.91. The molecule has 7 heteroatoms. The molecule has 1 aromatic rings. The molecule has 1 atom stereocenters. The van der Waals surface area contributed by atoms with E-state index in [1.807, 2.05) is 13.8 Å². The maximum Gasteiger partial charge on any atom is 0.272 e. The minimum Gasteiger partial charge on any atom is -0.396 e. The van der Waals surface area contributed by atoms with Gasteiger partial charge in [-0.25, -0.2) is 9.97 Å². The molecule has 0 aliphatic rings. The third-order valence-corrected chi connectivity index (χ3v) is 3.32. The normalized spacial score (nSPS) is 12.4. The zero-order chi connectivity index (χ0) is 14.4. The van der Waals surface area contributed by atoms with Crippen LogP contribution in [0.25, 0.3) is 0 Å². The molecule has 0 aromatic carbocycles. The van der Waals surface area contributed by atoms with Gasteiger partial charge in [-0.05, 0) is 6.42 Å². The van der Waals surface area contributed by atoms with Gasteiger partial charge in [-0.15, -0.1) is 0 Å². The lowest BCUT2D eigenvalue weighted by Gasteiger charge is -2.09. The molecule has 0 bridgehead atoms. The number of carbonyl (C=O) groups excluding carboxylic acids is 1. The molecule has 6 nitrogen and oxygen atoms in total. The van der Waals surface area contributed by atoms with Gasteiger partial charge in [0.15, 0.2) is 5.69 Å². The SMILES string of the molecule is CC(C)c1ncc(N)c(C(=O)NCCCS(C)=O)n1. The van der Waals surface area contributed by atoms with E-state index in [-0.39, 0.29) is 23.2 Å². The molecule has 1 aromatic heterocycles. The molecule has 0 fully saturated rings. The Labute approximate surface area is 115 Å². The summed E-state index contributed by atoms with van der Waals surface area (Å²) in [6, 6.07) is 0. The van der Waals surface area contributed by atoms with E-state index in [1.54, 1.807) is 6.26 Å². The average Bonchev–Trinajstić information content (AvgIpc) is 2.34. The van der Waals surface area contributed by atoms with Crippen LogP contribution in [0.1, 0.15) is 42.5 Å². The molecule has 0 radical (unpaired) electrons. The minimum atomic E-state index is -0.841. The van der Waals surface area contributed by atoms with Gasteiger partial charge >= 0.3 is 0 Å². The Morgan fingerprint density at radius 2 is 2.21 bits per heavy atom. The van der Waals surface area contributed by atoms with E-state index in [2.05, 4.69) is 15.3 Å². The molecule has 0 aliphatic carbocycles. The van der Waals surface area contributed by atoms with E-state index < -0.39 is 10.8 Å². The van der Waals surface area contributed by atoms with Crippen molar-refractivity contribution in [3.8, 4) is 0 Å². The molecular formula is C12H20N4O2S. The zero-order valence-electron chi connectivity index (χ0n) is 11.5. The summed E-state index contributed by atoms with van der Waals surface area (Å²) in [5, 5.41) is 2.72. The molecule has 3 N–H and O–H groups in total. The van der Waals surface area contributed by atoms with Crippen molar-refractivity contribution in [2.24, 2.45) is 0 Å². The van der Waals surface area contributed by atoms with Crippen molar-refractivity contribution in [3.05, 3.63) is 17.7 Å². The molecule has 106 valence electrons. The Morgan fingerprint density at radius 1 is 1.53 bits per heavy atom. The molecule has 1 amide bonds. The van der Waals surface area contributed by atoms with Crippen molar-refractivity contribution >= 4 is 22.4 Å². The smallest absolute Gasteiger partial charge is 0.272 e. The van der Waals surface area contributed by atoms with Crippen LogP contribution >= 0.6 is 0 Å². The van der Waals surface area contributed by atoms with Gasteiger partial charge in [-0.1, -0.05) is 13.8 Å². The van der Waals surface area contributed by atoms with Gasteiger partial charge in [0.1, 0.15) is 5.82 Å². The van der Waals surface area contributed by atoms with Crippen LogP contribution in [-0.2, 0) is 10.8 Å². The maximum absolute atomic E-state index is 11.9. The Kier molecular flexibility index (Phi) is 5.88. The van der Waals surface area contributed by atoms with Crippen molar-refractivity contribution in [1.82, 2.24) is 15.3 Å². The quantitative estimate of drug-likeness (QED) is 0.749. The Hall–Kier alpha value is -1.50. The number of carbonyl (C=O) groups is 1. The molecule has 1 unspecified atom stereocenters. The van der Waals surface area contributed by atoms with E-state index in [0.717, 1.165) is 0 Å². The van der Waals surface area contributed by atoms with E-state index >= 15 is 0 Å². The van der Waals surface area contributed by atoms with Crippen molar-refractivity contribution in [1.29, 1.82) is 0 Å². The van der Waals surface area contributed by atoms with Crippen LogP contribution in [0.2, 0.25) is 0 Å². The van der Waals surface area contributed by atoms with Crippen LogP contribution in [0.4, 0.5) is 5.69 Å². The van der Waals surface area contributed by atoms with Gasteiger partial charge in [0.05, 0.1) is 11.9 Å². The first-order valence-corrected chi connectivity index (χ1v) is 7.85. The van der Waals surface area contributed by atoms with Gasteiger partial charge in [0, 0.05) is 35.3 Å². The van der Waals surface area contributed by atoms with Gasteiger partial charge in [-0.2, -0.15) is 0 Å². The number of hydrogen-bond acceptors (Lipinski definition) is 5. The topological polar surface area (TPSA) is 98.0 Å². The Balaban J connectivity index is 2.65. The van der Waals surface area contributed by atoms with Crippen LogP contribution in [-0.4, -0.2) is 38.6 Å². The standard InChI is InChI=1S/C12H20N4O2S/c1-8(2)11-15-7-9(13)10(16-11)12(17)14-5-4-6-19(3)18/h7-8H,4-6,13H2,1-3H3,(H,14,17). The first-order valence-electron chi connectivity index (χ1n) is 6.12. The molecular weight excluding hydrogens is 264 g/mol. The second kappa shape index (κ2) is 7.18. The van der Waals surface area contributed by atoms with Crippen molar-refractivity contribution in [2.45, 2.75) is 26.2 Å². The second-order valence-corrected chi connectivity index (χ2v) is 6.13. The van der Waals surface area contributed by atoms with E-state index in [1.165, 1.54) is 6.20 Å². The number of nitrogens with two attached hydrogens (primary N) is 1. The van der Waals surface area contributed by atoms with Crippen LogP contribution in [0, 0.1) is 0 Å².